The van der Waals surface area contributed by atoms with Gasteiger partial charge in [-0.2, -0.15) is 0 Å². The summed E-state index contributed by atoms with van der Waals surface area (Å²) >= 11 is 4.95. The van der Waals surface area contributed by atoms with E-state index in [1.54, 1.807) is 30.8 Å². The lowest BCUT2D eigenvalue weighted by Crippen LogP contribution is -2.01. The molecule has 19 heavy (non-hydrogen) atoms. The molecule has 2 aromatic carbocycles. The summed E-state index contributed by atoms with van der Waals surface area (Å²) in [5, 5.41) is 10.1. The first kappa shape index (κ1) is 14.6. The molecule has 1 N–H and O–H groups in total. The summed E-state index contributed by atoms with van der Waals surface area (Å²) in [4.78, 5) is 1.07. The normalized spacial score (nSPS) is 12.4. The lowest BCUT2D eigenvalue weighted by molar-refractivity contribution is 0.203. The molecule has 0 amide bonds. The molecule has 0 heterocycles. The van der Waals surface area contributed by atoms with Crippen molar-refractivity contribution in [3.63, 3.8) is 0 Å². The second-order valence-corrected chi connectivity index (χ2v) is 6.30. The van der Waals surface area contributed by atoms with Gasteiger partial charge in [-0.15, -0.1) is 11.8 Å². The van der Waals surface area contributed by atoms with Crippen molar-refractivity contribution >= 4 is 27.7 Å². The van der Waals surface area contributed by atoms with Crippen LogP contribution < -0.4 is 0 Å². The maximum absolute atomic E-state index is 13.4. The molecule has 1 unspecified atom stereocenters. The summed E-state index contributed by atoms with van der Waals surface area (Å²) in [7, 11) is 0. The minimum absolute atomic E-state index is 0.274. The Hall–Kier alpha value is -0.840. The molecular formula is C15H14BrFOS. The third-order valence-electron chi connectivity index (χ3n) is 2.78. The highest BCUT2D eigenvalue weighted by atomic mass is 79.9. The van der Waals surface area contributed by atoms with Gasteiger partial charge in [-0.25, -0.2) is 4.39 Å². The van der Waals surface area contributed by atoms with E-state index < -0.39 is 6.10 Å². The third kappa shape index (κ3) is 4.06. The van der Waals surface area contributed by atoms with Crippen LogP contribution in [0.15, 0.2) is 51.8 Å². The fraction of sp³-hybridized carbons (Fsp3) is 0.200. The summed E-state index contributed by atoms with van der Waals surface area (Å²) < 4.78 is 14.4. The number of halogens is 2. The first-order valence-electron chi connectivity index (χ1n) is 5.89. The zero-order chi connectivity index (χ0) is 13.8. The number of aryl methyl sites for hydroxylation is 1. The van der Waals surface area contributed by atoms with Crippen LogP contribution in [0.1, 0.15) is 17.2 Å². The van der Waals surface area contributed by atoms with E-state index in [4.69, 9.17) is 0 Å². The first-order chi connectivity index (χ1) is 9.06. The fourth-order valence-corrected chi connectivity index (χ4v) is 3.12. The average molecular weight is 341 g/mol. The van der Waals surface area contributed by atoms with E-state index in [9.17, 15) is 9.50 Å². The molecule has 2 rings (SSSR count). The van der Waals surface area contributed by atoms with Crippen LogP contribution in [0.25, 0.3) is 0 Å². The Morgan fingerprint density at radius 1 is 1.26 bits per heavy atom. The van der Waals surface area contributed by atoms with Gasteiger partial charge in [-0.3, -0.25) is 0 Å². The van der Waals surface area contributed by atoms with E-state index in [2.05, 4.69) is 15.9 Å². The number of rotatable bonds is 4. The van der Waals surface area contributed by atoms with Crippen molar-refractivity contribution in [2.75, 3.05) is 5.75 Å². The van der Waals surface area contributed by atoms with Gasteiger partial charge in [0.05, 0.1) is 6.10 Å². The van der Waals surface area contributed by atoms with Gasteiger partial charge in [0.2, 0.25) is 0 Å². The molecule has 1 atom stereocenters. The highest BCUT2D eigenvalue weighted by Gasteiger charge is 2.10. The number of aliphatic hydroxyl groups excluding tert-OH is 1. The van der Waals surface area contributed by atoms with Crippen molar-refractivity contribution in [3.8, 4) is 0 Å². The smallest absolute Gasteiger partial charge is 0.126 e. The molecule has 0 saturated heterocycles. The topological polar surface area (TPSA) is 20.2 Å². The van der Waals surface area contributed by atoms with Crippen molar-refractivity contribution in [2.24, 2.45) is 0 Å². The van der Waals surface area contributed by atoms with Crippen LogP contribution in [0.4, 0.5) is 4.39 Å². The second kappa shape index (κ2) is 6.55. The van der Waals surface area contributed by atoms with Gasteiger partial charge in [0.25, 0.3) is 0 Å². The van der Waals surface area contributed by atoms with E-state index in [0.29, 0.717) is 16.9 Å². The van der Waals surface area contributed by atoms with Gasteiger partial charge in [0, 0.05) is 15.1 Å². The van der Waals surface area contributed by atoms with Gasteiger partial charge in [0.15, 0.2) is 0 Å². The Morgan fingerprint density at radius 2 is 2.05 bits per heavy atom. The lowest BCUT2D eigenvalue weighted by atomic mass is 10.1. The number of hydrogen-bond donors (Lipinski definition) is 1. The van der Waals surface area contributed by atoms with E-state index >= 15 is 0 Å². The van der Waals surface area contributed by atoms with Crippen LogP contribution in [0.5, 0.6) is 0 Å². The molecule has 0 spiro atoms. The third-order valence-corrected chi connectivity index (χ3v) is 4.35. The van der Waals surface area contributed by atoms with Crippen LogP contribution in [0.3, 0.4) is 0 Å². The number of hydrogen-bond acceptors (Lipinski definition) is 2. The first-order valence-corrected chi connectivity index (χ1v) is 7.66. The van der Waals surface area contributed by atoms with E-state index in [-0.39, 0.29) is 5.82 Å². The molecule has 0 aliphatic carbocycles. The predicted octanol–water partition coefficient (Wildman–Crippen LogP) is 4.72. The summed E-state index contributed by atoms with van der Waals surface area (Å²) in [6.07, 6.45) is -0.668. The van der Waals surface area contributed by atoms with Crippen LogP contribution in [-0.4, -0.2) is 10.9 Å². The molecule has 0 aromatic heterocycles. The van der Waals surface area contributed by atoms with Crippen LogP contribution in [0, 0.1) is 12.7 Å². The minimum Gasteiger partial charge on any atom is -0.388 e. The maximum Gasteiger partial charge on any atom is 0.126 e. The van der Waals surface area contributed by atoms with Gasteiger partial charge in [-0.1, -0.05) is 34.1 Å². The van der Waals surface area contributed by atoms with Gasteiger partial charge in [-0.05, 0) is 42.3 Å². The maximum atomic E-state index is 13.4. The molecule has 1 nitrogen and oxygen atoms in total. The summed E-state index contributed by atoms with van der Waals surface area (Å²) in [5.74, 6) is 0.225. The Balaban J connectivity index is 2.01. The molecule has 2 aromatic rings. The molecular weight excluding hydrogens is 327 g/mol. The number of benzene rings is 2. The highest BCUT2D eigenvalue weighted by molar-refractivity contribution is 9.10. The van der Waals surface area contributed by atoms with Crippen LogP contribution in [0.2, 0.25) is 0 Å². The monoisotopic (exact) mass is 340 g/mol. The molecule has 0 aliphatic heterocycles. The second-order valence-electron chi connectivity index (χ2n) is 4.29. The molecule has 0 aliphatic rings. The highest BCUT2D eigenvalue weighted by Crippen LogP contribution is 2.27. The Labute approximate surface area is 125 Å². The van der Waals surface area contributed by atoms with Crippen LogP contribution >= 0.6 is 27.7 Å². The summed E-state index contributed by atoms with van der Waals surface area (Å²) in [5.41, 5.74) is 1.21. The van der Waals surface area contributed by atoms with Crippen LogP contribution in [-0.2, 0) is 0 Å². The molecule has 100 valence electrons. The summed E-state index contributed by atoms with van der Waals surface area (Å²) in [6, 6.07) is 12.7. The average Bonchev–Trinajstić information content (AvgIpc) is 2.39. The van der Waals surface area contributed by atoms with E-state index in [1.165, 1.54) is 6.07 Å². The Bertz CT molecular complexity index is 574. The van der Waals surface area contributed by atoms with Crippen molar-refractivity contribution < 1.29 is 9.50 Å². The molecule has 0 fully saturated rings. The van der Waals surface area contributed by atoms with Crippen molar-refractivity contribution in [2.45, 2.75) is 17.9 Å². The standard InChI is InChI=1S/C15H14BrFOS/c1-10-5-6-11(7-14(10)17)15(18)9-19-13-4-2-3-12(16)8-13/h2-8,15,18H,9H2,1H3. The summed E-state index contributed by atoms with van der Waals surface area (Å²) in [6.45, 7) is 1.71. The number of aliphatic hydroxyl groups is 1. The fourth-order valence-electron chi connectivity index (χ4n) is 1.64. The molecule has 0 saturated carbocycles. The predicted molar refractivity (Wildman–Crippen MR) is 81.0 cm³/mol. The van der Waals surface area contributed by atoms with Gasteiger partial charge < -0.3 is 5.11 Å². The zero-order valence-electron chi connectivity index (χ0n) is 10.4. The Morgan fingerprint density at radius 3 is 2.74 bits per heavy atom. The zero-order valence-corrected chi connectivity index (χ0v) is 12.8. The van der Waals surface area contributed by atoms with Crippen molar-refractivity contribution in [1.82, 2.24) is 0 Å². The largest absolute Gasteiger partial charge is 0.388 e. The minimum atomic E-state index is -0.668. The van der Waals surface area contributed by atoms with Gasteiger partial charge >= 0.3 is 0 Å². The Kier molecular flexibility index (Phi) is 5.02. The van der Waals surface area contributed by atoms with E-state index in [0.717, 1.165) is 9.37 Å². The SMILES string of the molecule is Cc1ccc(C(O)CSc2cccc(Br)c2)cc1F. The number of thioether (sulfide) groups is 1. The quantitative estimate of drug-likeness (QED) is 0.812. The van der Waals surface area contributed by atoms with E-state index in [1.807, 2.05) is 24.3 Å². The lowest BCUT2D eigenvalue weighted by Gasteiger charge is -2.11. The van der Waals surface area contributed by atoms with Crippen molar-refractivity contribution in [3.05, 3.63) is 63.9 Å². The van der Waals surface area contributed by atoms with Crippen molar-refractivity contribution in [1.29, 1.82) is 0 Å². The molecule has 0 bridgehead atoms. The molecule has 0 radical (unpaired) electrons. The molecule has 4 heteroatoms. The van der Waals surface area contributed by atoms with Gasteiger partial charge in [0.1, 0.15) is 5.82 Å².